The number of piperidine rings is 1. The van der Waals surface area contributed by atoms with Crippen molar-refractivity contribution in [3.05, 3.63) is 34.5 Å². The average Bonchev–Trinajstić information content (AvgIpc) is 2.74. The van der Waals surface area contributed by atoms with E-state index in [1.165, 1.54) is 21.7 Å². The van der Waals surface area contributed by atoms with Gasteiger partial charge in [-0.1, -0.05) is 18.2 Å². The van der Waals surface area contributed by atoms with Crippen LogP contribution in [0.1, 0.15) is 38.3 Å². The number of hydrogen-bond acceptors (Lipinski definition) is 2. The minimum Gasteiger partial charge on any atom is -0.345 e. The van der Waals surface area contributed by atoms with Crippen molar-refractivity contribution in [2.45, 2.75) is 45.2 Å². The molecule has 3 atom stereocenters. The summed E-state index contributed by atoms with van der Waals surface area (Å²) in [4.78, 5) is 13.8. The Labute approximate surface area is 138 Å². The lowest BCUT2D eigenvalue weighted by molar-refractivity contribution is -0.113. The van der Waals surface area contributed by atoms with Gasteiger partial charge in [-0.25, -0.2) is 0 Å². The summed E-state index contributed by atoms with van der Waals surface area (Å²) in [6, 6.07) is 1.01. The molecule has 4 rings (SSSR count). The molecule has 1 fully saturated rings. The number of nitrogens with zero attached hydrogens (tertiary/aromatic N) is 2. The highest BCUT2D eigenvalue weighted by Crippen LogP contribution is 2.36. The summed E-state index contributed by atoms with van der Waals surface area (Å²) in [5.74, 6) is 0.660. The van der Waals surface area contributed by atoms with E-state index in [-0.39, 0.29) is 5.92 Å². The topological polar surface area (TPSA) is 25.2 Å². The van der Waals surface area contributed by atoms with Crippen LogP contribution in [0.5, 0.6) is 0 Å². The van der Waals surface area contributed by atoms with Crippen LogP contribution in [0.2, 0.25) is 0 Å². The molecule has 0 amide bonds. The summed E-state index contributed by atoms with van der Waals surface area (Å²) in [5, 5.41) is 2.86. The molecule has 1 aromatic heterocycles. The van der Waals surface area contributed by atoms with Crippen LogP contribution in [0.15, 0.2) is 18.3 Å². The lowest BCUT2D eigenvalue weighted by Crippen LogP contribution is -2.52. The first-order valence-corrected chi connectivity index (χ1v) is 8.86. The molecule has 0 spiro atoms. The first-order chi connectivity index (χ1) is 11.1. The van der Waals surface area contributed by atoms with Crippen molar-refractivity contribution in [2.75, 3.05) is 13.6 Å². The number of rotatable bonds is 2. The zero-order chi connectivity index (χ0) is 16.1. The molecule has 1 unspecified atom stereocenters. The zero-order valence-electron chi connectivity index (χ0n) is 14.3. The van der Waals surface area contributed by atoms with Gasteiger partial charge in [-0.05, 0) is 51.3 Å². The third-order valence-electron chi connectivity index (χ3n) is 5.87. The van der Waals surface area contributed by atoms with Crippen molar-refractivity contribution in [2.24, 2.45) is 11.8 Å². The first-order valence-electron chi connectivity index (χ1n) is 8.86. The maximum atomic E-state index is 11.4. The number of carbonyl (C=O) groups is 1. The molecule has 1 aromatic rings. The van der Waals surface area contributed by atoms with E-state index in [0.29, 0.717) is 18.0 Å². The van der Waals surface area contributed by atoms with Crippen molar-refractivity contribution in [3.8, 4) is 0 Å². The number of aldehydes is 1. The number of carbonyl (C=O) groups excluding carboxylic acids is 1. The van der Waals surface area contributed by atoms with E-state index >= 15 is 0 Å². The van der Waals surface area contributed by atoms with Gasteiger partial charge in [0, 0.05) is 47.2 Å². The van der Waals surface area contributed by atoms with Gasteiger partial charge in [0.05, 0.1) is 0 Å². The molecule has 0 bridgehead atoms. The molecule has 1 aliphatic heterocycles. The van der Waals surface area contributed by atoms with Crippen LogP contribution < -0.4 is 10.6 Å². The summed E-state index contributed by atoms with van der Waals surface area (Å²) < 4.78 is 2.44. The Kier molecular flexibility index (Phi) is 3.56. The van der Waals surface area contributed by atoms with Crippen molar-refractivity contribution >= 4 is 17.9 Å². The minimum absolute atomic E-state index is 0.173. The van der Waals surface area contributed by atoms with Gasteiger partial charge in [0.15, 0.2) is 0 Å². The molecule has 1 saturated heterocycles. The van der Waals surface area contributed by atoms with Gasteiger partial charge in [-0.3, -0.25) is 0 Å². The number of hydrogen-bond donors (Lipinski definition) is 0. The molecule has 0 radical (unpaired) electrons. The molecule has 3 nitrogen and oxygen atoms in total. The number of allylic oxidation sites excluding steroid dienone is 2. The molecule has 3 heteroatoms. The number of fused-ring (bicyclic) bond motifs is 2. The number of likely N-dealkylation sites (N-methyl/N-ethyl adjacent to an activating group) is 1. The van der Waals surface area contributed by atoms with Gasteiger partial charge >= 0.3 is 0 Å². The van der Waals surface area contributed by atoms with E-state index in [4.69, 9.17) is 0 Å². The molecule has 3 aliphatic rings. The Balaban J connectivity index is 1.95. The van der Waals surface area contributed by atoms with Crippen molar-refractivity contribution < 1.29 is 4.79 Å². The van der Waals surface area contributed by atoms with Crippen molar-refractivity contribution in [3.63, 3.8) is 0 Å². The predicted octanol–water partition coefficient (Wildman–Crippen LogP) is 1.65. The molecule has 0 aromatic carbocycles. The van der Waals surface area contributed by atoms with Crippen LogP contribution in [0.25, 0.3) is 11.6 Å². The van der Waals surface area contributed by atoms with E-state index in [9.17, 15) is 4.79 Å². The fourth-order valence-corrected chi connectivity index (χ4v) is 4.81. The summed E-state index contributed by atoms with van der Waals surface area (Å²) >= 11 is 0. The van der Waals surface area contributed by atoms with Crippen LogP contribution in [0.4, 0.5) is 0 Å². The third-order valence-corrected chi connectivity index (χ3v) is 5.87. The second kappa shape index (κ2) is 5.48. The third kappa shape index (κ3) is 2.25. The normalized spacial score (nSPS) is 29.7. The second-order valence-electron chi connectivity index (χ2n) is 7.66. The molecule has 122 valence electrons. The average molecular weight is 310 g/mol. The summed E-state index contributed by atoms with van der Waals surface area (Å²) in [6.45, 7) is 5.42. The molecule has 23 heavy (non-hydrogen) atoms. The Hall–Kier alpha value is -1.61. The van der Waals surface area contributed by atoms with Crippen LogP contribution in [-0.2, 0) is 11.2 Å². The fourth-order valence-electron chi connectivity index (χ4n) is 4.81. The van der Waals surface area contributed by atoms with Gasteiger partial charge in [0.25, 0.3) is 0 Å². The largest absolute Gasteiger partial charge is 0.345 e. The first kappa shape index (κ1) is 14.9. The lowest BCUT2D eigenvalue weighted by atomic mass is 9.73. The predicted molar refractivity (Wildman–Crippen MR) is 93.5 cm³/mol. The van der Waals surface area contributed by atoms with Gasteiger partial charge < -0.3 is 14.3 Å². The molecule has 2 heterocycles. The van der Waals surface area contributed by atoms with Gasteiger partial charge in [-0.2, -0.15) is 0 Å². The summed E-state index contributed by atoms with van der Waals surface area (Å²) in [7, 11) is 2.19. The lowest BCUT2D eigenvalue weighted by Gasteiger charge is -2.44. The number of likely N-dealkylation sites (tertiary alicyclic amines) is 1. The minimum atomic E-state index is 0.173. The zero-order valence-corrected chi connectivity index (χ0v) is 14.3. The molecular formula is C20H26N2O. The van der Waals surface area contributed by atoms with E-state index < -0.39 is 0 Å². The molecule has 2 aliphatic carbocycles. The van der Waals surface area contributed by atoms with Crippen molar-refractivity contribution in [1.82, 2.24) is 9.47 Å². The molecule has 0 saturated carbocycles. The van der Waals surface area contributed by atoms with E-state index in [0.717, 1.165) is 32.1 Å². The van der Waals surface area contributed by atoms with Gasteiger partial charge in [0.1, 0.15) is 6.29 Å². The highest BCUT2D eigenvalue weighted by Gasteiger charge is 2.39. The maximum Gasteiger partial charge on any atom is 0.124 e. The fraction of sp³-hybridized carbons (Fsp3) is 0.550. The van der Waals surface area contributed by atoms with E-state index in [1.807, 2.05) is 0 Å². The Bertz CT molecular complexity index is 783. The molecule has 0 N–H and O–H groups in total. The summed E-state index contributed by atoms with van der Waals surface area (Å²) in [5.41, 5.74) is 2.96. The van der Waals surface area contributed by atoms with Crippen LogP contribution in [0.3, 0.4) is 0 Å². The van der Waals surface area contributed by atoms with Crippen LogP contribution in [-0.4, -0.2) is 35.4 Å². The smallest absolute Gasteiger partial charge is 0.124 e. The van der Waals surface area contributed by atoms with Crippen molar-refractivity contribution in [1.29, 1.82) is 0 Å². The standard InChI is InChI=1S/C20H26N2O/c1-13(2)22-11-15-9-19-17(8-14(12-23)10-21(19)3)16-6-4-5-7-18(22)20(15)16/h4,6-7,11-14,17,19H,5,8-10H2,1-3H3/t14-,17?,19-/m1/s1. The quantitative estimate of drug-likeness (QED) is 0.776. The van der Waals surface area contributed by atoms with Crippen LogP contribution >= 0.6 is 0 Å². The second-order valence-corrected chi connectivity index (χ2v) is 7.66. The van der Waals surface area contributed by atoms with Gasteiger partial charge in [0.2, 0.25) is 0 Å². The maximum absolute atomic E-state index is 11.4. The monoisotopic (exact) mass is 310 g/mol. The summed E-state index contributed by atoms with van der Waals surface area (Å²) in [6.07, 6.45) is 13.6. The van der Waals surface area contributed by atoms with Gasteiger partial charge in [-0.15, -0.1) is 0 Å². The van der Waals surface area contributed by atoms with E-state index in [2.05, 4.69) is 54.8 Å². The Morgan fingerprint density at radius 3 is 2.91 bits per heavy atom. The molecular weight excluding hydrogens is 284 g/mol. The van der Waals surface area contributed by atoms with E-state index in [1.54, 1.807) is 0 Å². The Morgan fingerprint density at radius 2 is 2.17 bits per heavy atom. The highest BCUT2D eigenvalue weighted by molar-refractivity contribution is 5.66. The number of aromatic nitrogens is 1. The Morgan fingerprint density at radius 1 is 1.35 bits per heavy atom. The highest BCUT2D eigenvalue weighted by atomic mass is 16.1. The SMILES string of the molecule is CC(C)n1cc2c3c1=CCC=CC=3C1C[C@@H](C=O)CN(C)[C@@H]1C2. The van der Waals surface area contributed by atoms with Crippen LogP contribution in [0, 0.1) is 11.8 Å².